The molecule has 2 nitrogen and oxygen atoms in total. The molecule has 1 aromatic rings. The van der Waals surface area contributed by atoms with E-state index in [4.69, 9.17) is 39.5 Å². The molecule has 1 aliphatic carbocycles. The molecule has 1 aromatic carbocycles. The molecule has 1 fully saturated rings. The van der Waals surface area contributed by atoms with Crippen LogP contribution in [0.4, 0.5) is 0 Å². The van der Waals surface area contributed by atoms with Gasteiger partial charge in [0.15, 0.2) is 0 Å². The van der Waals surface area contributed by atoms with Gasteiger partial charge in [0.25, 0.3) is 0 Å². The maximum absolute atomic E-state index is 12.0. The fraction of sp³-hybridized carbons (Fsp3) is 0.562. The van der Waals surface area contributed by atoms with E-state index in [1.165, 1.54) is 31.4 Å². The van der Waals surface area contributed by atoms with Gasteiger partial charge in [-0.05, 0) is 43.2 Å². The van der Waals surface area contributed by atoms with Gasteiger partial charge in [0.2, 0.25) is 0 Å². The molecule has 0 amide bonds. The molecule has 1 aliphatic rings. The number of ether oxygens (including phenoxy) is 1. The minimum atomic E-state index is -0.467. The highest BCUT2D eigenvalue weighted by atomic mass is 35.5. The van der Waals surface area contributed by atoms with E-state index in [0.717, 1.165) is 24.7 Å². The topological polar surface area (TPSA) is 26.3 Å². The summed E-state index contributed by atoms with van der Waals surface area (Å²) in [5.74, 6) is 1.25. The van der Waals surface area contributed by atoms with Gasteiger partial charge in [-0.3, -0.25) is 0 Å². The second-order valence-corrected chi connectivity index (χ2v) is 6.79. The number of rotatable bonds is 7. The first kappa shape index (κ1) is 16.9. The van der Waals surface area contributed by atoms with Crippen molar-refractivity contribution in [1.82, 2.24) is 0 Å². The first-order valence-electron chi connectivity index (χ1n) is 7.34. The summed E-state index contributed by atoms with van der Waals surface area (Å²) in [6.07, 6.45) is 5.92. The fourth-order valence-corrected chi connectivity index (χ4v) is 3.36. The van der Waals surface area contributed by atoms with E-state index >= 15 is 0 Å². The summed E-state index contributed by atoms with van der Waals surface area (Å²) in [5.41, 5.74) is 0.226. The summed E-state index contributed by atoms with van der Waals surface area (Å²) >= 11 is 17.8. The van der Waals surface area contributed by atoms with Crippen LogP contribution in [0.5, 0.6) is 0 Å². The van der Waals surface area contributed by atoms with Gasteiger partial charge in [-0.25, -0.2) is 4.79 Å². The van der Waals surface area contributed by atoms with Gasteiger partial charge in [0.05, 0.1) is 22.2 Å². The van der Waals surface area contributed by atoms with Crippen molar-refractivity contribution in [3.05, 3.63) is 32.8 Å². The number of hydrogen-bond acceptors (Lipinski definition) is 2. The Morgan fingerprint density at radius 3 is 2.67 bits per heavy atom. The van der Waals surface area contributed by atoms with Crippen molar-refractivity contribution < 1.29 is 9.53 Å². The summed E-state index contributed by atoms with van der Waals surface area (Å²) in [6, 6.07) is 2.99. The Labute approximate surface area is 140 Å². The minimum absolute atomic E-state index is 0.191. The summed E-state index contributed by atoms with van der Waals surface area (Å²) in [5, 5.41) is 0.824. The molecular weight excluding hydrogens is 331 g/mol. The average Bonchev–Trinajstić information content (AvgIpc) is 3.17. The fourth-order valence-electron chi connectivity index (χ4n) is 2.68. The van der Waals surface area contributed by atoms with Gasteiger partial charge in [0.1, 0.15) is 0 Å². The predicted molar refractivity (Wildman–Crippen MR) is 87.5 cm³/mol. The first-order valence-corrected chi connectivity index (χ1v) is 8.48. The zero-order valence-electron chi connectivity index (χ0n) is 12.0. The molecule has 0 spiro atoms. The molecule has 116 valence electrons. The molecule has 0 aromatic heterocycles. The molecule has 0 radical (unpaired) electrons. The van der Waals surface area contributed by atoms with Crippen LogP contribution in [-0.4, -0.2) is 12.6 Å². The molecule has 5 heteroatoms. The normalized spacial score (nSPS) is 20.4. The third-order valence-corrected chi connectivity index (χ3v) is 4.91. The smallest absolute Gasteiger partial charge is 0.339 e. The van der Waals surface area contributed by atoms with Crippen LogP contribution in [0.15, 0.2) is 12.1 Å². The molecule has 21 heavy (non-hydrogen) atoms. The number of hydrogen-bond donors (Lipinski definition) is 0. The summed E-state index contributed by atoms with van der Waals surface area (Å²) in [7, 11) is 0. The van der Waals surface area contributed by atoms with Gasteiger partial charge in [-0.15, -0.1) is 0 Å². The van der Waals surface area contributed by atoms with Gasteiger partial charge >= 0.3 is 5.97 Å². The molecule has 0 saturated heterocycles. The standard InChI is InChI=1S/C16H19Cl3O2/c1-2-4-10-7-11(10)5-3-6-21-16(20)13-8-12(17)9-14(18)15(13)19/h8-11H,2-7H2,1H3. The monoisotopic (exact) mass is 348 g/mol. The van der Waals surface area contributed by atoms with Crippen molar-refractivity contribution >= 4 is 40.8 Å². The Morgan fingerprint density at radius 1 is 1.24 bits per heavy atom. The molecule has 0 aliphatic heterocycles. The van der Waals surface area contributed by atoms with Crippen LogP contribution < -0.4 is 0 Å². The third kappa shape index (κ3) is 4.77. The quantitative estimate of drug-likeness (QED) is 0.342. The van der Waals surface area contributed by atoms with E-state index in [1.807, 2.05) is 0 Å². The molecule has 2 rings (SSSR count). The highest BCUT2D eigenvalue weighted by Crippen LogP contribution is 2.45. The van der Waals surface area contributed by atoms with Crippen LogP contribution in [0.3, 0.4) is 0 Å². The second kappa shape index (κ2) is 7.71. The maximum Gasteiger partial charge on any atom is 0.339 e. The van der Waals surface area contributed by atoms with Crippen LogP contribution >= 0.6 is 34.8 Å². The van der Waals surface area contributed by atoms with Crippen molar-refractivity contribution in [2.24, 2.45) is 11.8 Å². The van der Waals surface area contributed by atoms with E-state index in [0.29, 0.717) is 11.6 Å². The Kier molecular flexibility index (Phi) is 6.21. The lowest BCUT2D eigenvalue weighted by Gasteiger charge is -2.08. The van der Waals surface area contributed by atoms with E-state index < -0.39 is 5.97 Å². The summed E-state index contributed by atoms with van der Waals surface area (Å²) < 4.78 is 5.25. The molecule has 2 unspecified atom stereocenters. The maximum atomic E-state index is 12.0. The number of halogens is 3. The first-order chi connectivity index (χ1) is 10.0. The zero-order valence-corrected chi connectivity index (χ0v) is 14.3. The lowest BCUT2D eigenvalue weighted by Crippen LogP contribution is -2.07. The minimum Gasteiger partial charge on any atom is -0.462 e. The molecule has 2 atom stereocenters. The number of carbonyl (C=O) groups is 1. The Hall–Kier alpha value is -0.440. The number of carbonyl (C=O) groups excluding carboxylic acids is 1. The summed E-state index contributed by atoms with van der Waals surface area (Å²) in [6.45, 7) is 2.63. The number of benzene rings is 1. The van der Waals surface area contributed by atoms with Crippen molar-refractivity contribution in [2.75, 3.05) is 6.61 Å². The van der Waals surface area contributed by atoms with E-state index in [1.54, 1.807) is 0 Å². The highest BCUT2D eigenvalue weighted by molar-refractivity contribution is 6.45. The molecule has 0 N–H and O–H groups in total. The number of esters is 1. The van der Waals surface area contributed by atoms with Crippen molar-refractivity contribution in [2.45, 2.75) is 39.0 Å². The van der Waals surface area contributed by atoms with Crippen molar-refractivity contribution in [3.63, 3.8) is 0 Å². The van der Waals surface area contributed by atoms with Gasteiger partial charge < -0.3 is 4.74 Å². The van der Waals surface area contributed by atoms with E-state index in [2.05, 4.69) is 6.92 Å². The van der Waals surface area contributed by atoms with Gasteiger partial charge in [-0.1, -0.05) is 54.6 Å². The molecule has 0 heterocycles. The second-order valence-electron chi connectivity index (χ2n) is 5.57. The Morgan fingerprint density at radius 2 is 1.95 bits per heavy atom. The lowest BCUT2D eigenvalue weighted by molar-refractivity contribution is 0.0496. The van der Waals surface area contributed by atoms with Crippen molar-refractivity contribution in [1.29, 1.82) is 0 Å². The average molecular weight is 350 g/mol. The van der Waals surface area contributed by atoms with Crippen LogP contribution in [0.2, 0.25) is 15.1 Å². The van der Waals surface area contributed by atoms with Gasteiger partial charge in [-0.2, -0.15) is 0 Å². The van der Waals surface area contributed by atoms with E-state index in [-0.39, 0.29) is 15.6 Å². The molecule has 1 saturated carbocycles. The predicted octanol–water partition coefficient (Wildman–Crippen LogP) is 6.02. The SMILES string of the molecule is CCCC1CC1CCCOC(=O)c1cc(Cl)cc(Cl)c1Cl. The van der Waals surface area contributed by atoms with Crippen molar-refractivity contribution in [3.8, 4) is 0 Å². The Balaban J connectivity index is 1.75. The largest absolute Gasteiger partial charge is 0.462 e. The highest BCUT2D eigenvalue weighted by Gasteiger charge is 2.34. The summed E-state index contributed by atoms with van der Waals surface area (Å²) in [4.78, 5) is 12.0. The third-order valence-electron chi connectivity index (χ3n) is 3.89. The van der Waals surface area contributed by atoms with Crippen LogP contribution in [-0.2, 0) is 4.74 Å². The van der Waals surface area contributed by atoms with Gasteiger partial charge in [0, 0.05) is 5.02 Å². The van der Waals surface area contributed by atoms with Crippen LogP contribution in [0.1, 0.15) is 49.4 Å². The van der Waals surface area contributed by atoms with E-state index in [9.17, 15) is 4.79 Å². The zero-order chi connectivity index (χ0) is 15.4. The molecular formula is C16H19Cl3O2. The molecule has 0 bridgehead atoms. The lowest BCUT2D eigenvalue weighted by atomic mass is 10.1. The Bertz CT molecular complexity index is 516. The van der Waals surface area contributed by atoms with Crippen LogP contribution in [0.25, 0.3) is 0 Å². The van der Waals surface area contributed by atoms with Crippen LogP contribution in [0, 0.1) is 11.8 Å².